The SMILES string of the molecule is CS(=O)(=O)c1ccc(C(=O)N(CCC#N)c2ccc(F)cc2)cc1. The zero-order valence-corrected chi connectivity index (χ0v) is 13.8. The van der Waals surface area contributed by atoms with E-state index in [1.54, 1.807) is 0 Å². The number of rotatable bonds is 5. The maximum absolute atomic E-state index is 13.1. The van der Waals surface area contributed by atoms with E-state index in [4.69, 9.17) is 5.26 Å². The fourth-order valence-corrected chi connectivity index (χ4v) is 2.76. The lowest BCUT2D eigenvalue weighted by Crippen LogP contribution is -2.31. The normalized spacial score (nSPS) is 10.9. The Morgan fingerprint density at radius 1 is 1.12 bits per heavy atom. The predicted molar refractivity (Wildman–Crippen MR) is 87.9 cm³/mol. The highest BCUT2D eigenvalue weighted by Gasteiger charge is 2.18. The molecule has 0 atom stereocenters. The second kappa shape index (κ2) is 7.23. The van der Waals surface area contributed by atoms with Crippen LogP contribution < -0.4 is 4.90 Å². The molecule has 0 fully saturated rings. The molecule has 0 aliphatic heterocycles. The number of nitriles is 1. The van der Waals surface area contributed by atoms with E-state index in [1.807, 2.05) is 6.07 Å². The topological polar surface area (TPSA) is 78.2 Å². The van der Waals surface area contributed by atoms with Gasteiger partial charge in [-0.1, -0.05) is 0 Å². The maximum atomic E-state index is 13.1. The number of halogens is 1. The first-order valence-electron chi connectivity index (χ1n) is 7.07. The van der Waals surface area contributed by atoms with Gasteiger partial charge in [-0.05, 0) is 48.5 Å². The van der Waals surface area contributed by atoms with E-state index in [1.165, 1.54) is 53.4 Å². The molecule has 0 saturated heterocycles. The third kappa shape index (κ3) is 4.18. The lowest BCUT2D eigenvalue weighted by Gasteiger charge is -2.22. The van der Waals surface area contributed by atoms with Crippen molar-refractivity contribution in [2.45, 2.75) is 11.3 Å². The Bertz CT molecular complexity index is 870. The van der Waals surface area contributed by atoms with Gasteiger partial charge in [0.15, 0.2) is 9.84 Å². The number of anilines is 1. The minimum Gasteiger partial charge on any atom is -0.307 e. The summed E-state index contributed by atoms with van der Waals surface area (Å²) in [5.74, 6) is -0.819. The summed E-state index contributed by atoms with van der Waals surface area (Å²) in [7, 11) is -3.35. The molecule has 0 N–H and O–H groups in total. The second-order valence-electron chi connectivity index (χ2n) is 5.14. The van der Waals surface area contributed by atoms with Crippen LogP contribution in [0.2, 0.25) is 0 Å². The number of carbonyl (C=O) groups excluding carboxylic acids is 1. The van der Waals surface area contributed by atoms with E-state index in [-0.39, 0.29) is 23.4 Å². The van der Waals surface area contributed by atoms with E-state index in [9.17, 15) is 17.6 Å². The number of nitrogens with zero attached hydrogens (tertiary/aromatic N) is 2. The number of sulfone groups is 1. The van der Waals surface area contributed by atoms with Gasteiger partial charge in [0, 0.05) is 24.1 Å². The van der Waals surface area contributed by atoms with Crippen molar-refractivity contribution < 1.29 is 17.6 Å². The van der Waals surface area contributed by atoms with Gasteiger partial charge in [0.2, 0.25) is 0 Å². The molecular weight excluding hydrogens is 331 g/mol. The monoisotopic (exact) mass is 346 g/mol. The molecule has 124 valence electrons. The molecule has 0 radical (unpaired) electrons. The fraction of sp³-hybridized carbons (Fsp3) is 0.176. The van der Waals surface area contributed by atoms with Crippen molar-refractivity contribution in [3.8, 4) is 6.07 Å². The zero-order chi connectivity index (χ0) is 17.7. The first kappa shape index (κ1) is 17.6. The summed E-state index contributed by atoms with van der Waals surface area (Å²) < 4.78 is 36.0. The van der Waals surface area contributed by atoms with E-state index in [0.717, 1.165) is 6.26 Å². The lowest BCUT2D eigenvalue weighted by molar-refractivity contribution is 0.0987. The molecule has 0 heterocycles. The highest BCUT2D eigenvalue weighted by molar-refractivity contribution is 7.90. The molecular formula is C17H15FN2O3S. The molecule has 0 unspecified atom stereocenters. The third-order valence-corrected chi connectivity index (χ3v) is 4.49. The summed E-state index contributed by atoms with van der Waals surface area (Å²) in [6.45, 7) is 0.148. The van der Waals surface area contributed by atoms with E-state index in [0.29, 0.717) is 5.69 Å². The van der Waals surface area contributed by atoms with Crippen molar-refractivity contribution in [2.24, 2.45) is 0 Å². The van der Waals surface area contributed by atoms with Crippen LogP contribution in [0, 0.1) is 17.1 Å². The molecule has 0 aromatic heterocycles. The molecule has 0 saturated carbocycles. The first-order chi connectivity index (χ1) is 11.3. The van der Waals surface area contributed by atoms with Crippen molar-refractivity contribution in [1.82, 2.24) is 0 Å². The van der Waals surface area contributed by atoms with Crippen molar-refractivity contribution >= 4 is 21.4 Å². The minimum atomic E-state index is -3.35. The third-order valence-electron chi connectivity index (χ3n) is 3.36. The molecule has 0 bridgehead atoms. The van der Waals surface area contributed by atoms with Crippen molar-refractivity contribution in [3.05, 3.63) is 59.9 Å². The molecule has 5 nitrogen and oxygen atoms in total. The Morgan fingerprint density at radius 2 is 1.71 bits per heavy atom. The van der Waals surface area contributed by atoms with Gasteiger partial charge in [0.25, 0.3) is 5.91 Å². The predicted octanol–water partition coefficient (Wildman–Crippen LogP) is 2.79. The number of hydrogen-bond donors (Lipinski definition) is 0. The van der Waals surface area contributed by atoms with Gasteiger partial charge in [-0.15, -0.1) is 0 Å². The second-order valence-corrected chi connectivity index (χ2v) is 7.15. The van der Waals surface area contributed by atoms with Gasteiger partial charge in [0.1, 0.15) is 5.82 Å². The Labute approximate surface area is 139 Å². The van der Waals surface area contributed by atoms with Crippen molar-refractivity contribution in [1.29, 1.82) is 5.26 Å². The van der Waals surface area contributed by atoms with Crippen LogP contribution in [0.25, 0.3) is 0 Å². The van der Waals surface area contributed by atoms with E-state index in [2.05, 4.69) is 0 Å². The summed E-state index contributed by atoms with van der Waals surface area (Å²) in [4.78, 5) is 14.1. The van der Waals surface area contributed by atoms with Gasteiger partial charge < -0.3 is 4.90 Å². The molecule has 7 heteroatoms. The number of benzene rings is 2. The molecule has 24 heavy (non-hydrogen) atoms. The fourth-order valence-electron chi connectivity index (χ4n) is 2.13. The summed E-state index contributed by atoms with van der Waals surface area (Å²) in [5.41, 5.74) is 0.744. The molecule has 0 aliphatic rings. The minimum absolute atomic E-state index is 0.115. The smallest absolute Gasteiger partial charge is 0.258 e. The van der Waals surface area contributed by atoms with Gasteiger partial charge >= 0.3 is 0 Å². The van der Waals surface area contributed by atoms with Crippen LogP contribution in [0.1, 0.15) is 16.8 Å². The Balaban J connectivity index is 2.34. The van der Waals surface area contributed by atoms with Crippen LogP contribution in [-0.2, 0) is 9.84 Å². The Kier molecular flexibility index (Phi) is 5.31. The molecule has 0 aliphatic carbocycles. The number of carbonyl (C=O) groups is 1. The van der Waals surface area contributed by atoms with Crippen LogP contribution in [0.15, 0.2) is 53.4 Å². The molecule has 1 amide bonds. The molecule has 0 spiro atoms. The van der Waals surface area contributed by atoms with Gasteiger partial charge in [0.05, 0.1) is 17.4 Å². The van der Waals surface area contributed by atoms with Crippen LogP contribution in [0.5, 0.6) is 0 Å². The van der Waals surface area contributed by atoms with E-state index >= 15 is 0 Å². The molecule has 2 aromatic carbocycles. The first-order valence-corrected chi connectivity index (χ1v) is 8.96. The zero-order valence-electron chi connectivity index (χ0n) is 12.9. The van der Waals surface area contributed by atoms with Gasteiger partial charge in [-0.3, -0.25) is 4.79 Å². The summed E-state index contributed by atoms with van der Waals surface area (Å²) in [5, 5.41) is 8.77. The average Bonchev–Trinajstić information content (AvgIpc) is 2.56. The number of amides is 1. The maximum Gasteiger partial charge on any atom is 0.258 e. The summed E-state index contributed by atoms with van der Waals surface area (Å²) >= 11 is 0. The quantitative estimate of drug-likeness (QED) is 0.834. The van der Waals surface area contributed by atoms with Crippen LogP contribution in [0.4, 0.5) is 10.1 Å². The Morgan fingerprint density at radius 3 is 2.21 bits per heavy atom. The van der Waals surface area contributed by atoms with Crippen LogP contribution >= 0.6 is 0 Å². The van der Waals surface area contributed by atoms with Gasteiger partial charge in [-0.25, -0.2) is 12.8 Å². The average molecular weight is 346 g/mol. The van der Waals surface area contributed by atoms with Crippen molar-refractivity contribution in [2.75, 3.05) is 17.7 Å². The Hall–Kier alpha value is -2.72. The van der Waals surface area contributed by atoms with Crippen molar-refractivity contribution in [3.63, 3.8) is 0 Å². The highest BCUT2D eigenvalue weighted by atomic mass is 32.2. The van der Waals surface area contributed by atoms with Gasteiger partial charge in [-0.2, -0.15) is 5.26 Å². The largest absolute Gasteiger partial charge is 0.307 e. The standard InChI is InChI=1S/C17H15FN2O3S/c1-24(22,23)16-9-3-13(4-10-16)17(21)20(12-2-11-19)15-7-5-14(18)6-8-15/h3-10H,2,12H2,1H3. The van der Waals surface area contributed by atoms with Crippen LogP contribution in [-0.4, -0.2) is 27.1 Å². The summed E-state index contributed by atoms with van der Waals surface area (Å²) in [6.07, 6.45) is 1.20. The molecule has 2 aromatic rings. The summed E-state index contributed by atoms with van der Waals surface area (Å²) in [6, 6.07) is 12.9. The number of hydrogen-bond acceptors (Lipinski definition) is 4. The van der Waals surface area contributed by atoms with Crippen LogP contribution in [0.3, 0.4) is 0 Å². The van der Waals surface area contributed by atoms with E-state index < -0.39 is 21.6 Å². The highest BCUT2D eigenvalue weighted by Crippen LogP contribution is 2.19. The lowest BCUT2D eigenvalue weighted by atomic mass is 10.1. The molecule has 2 rings (SSSR count).